The fraction of sp³-hybridized carbons (Fsp3) is 0.529. The second kappa shape index (κ2) is 5.58. The molecule has 0 radical (unpaired) electrons. The van der Waals surface area contributed by atoms with Gasteiger partial charge in [-0.1, -0.05) is 31.5 Å². The average Bonchev–Trinajstić information content (AvgIpc) is 2.40. The minimum atomic E-state index is -3.37. The molecule has 0 aromatic heterocycles. The van der Waals surface area contributed by atoms with Crippen LogP contribution >= 0.6 is 0 Å². The number of rotatable bonds is 3. The molecular weight excluding hydrogens is 284 g/mol. The zero-order valence-corrected chi connectivity index (χ0v) is 14.0. The average molecular weight is 308 g/mol. The molecule has 1 N–H and O–H groups in total. The standard InChI is InChI=1S/C17H24O3S/c1-12-5-7-14(8-6-12)21(19,20)11-15-13(2)16(18)9-10-17(15,3)4/h5-8,16,18H,9-11H2,1-4H3. The largest absolute Gasteiger partial charge is 0.389 e. The van der Waals surface area contributed by atoms with Crippen LogP contribution in [0.15, 0.2) is 40.3 Å². The van der Waals surface area contributed by atoms with Crippen LogP contribution in [0.1, 0.15) is 39.2 Å². The second-order valence-electron chi connectivity index (χ2n) is 6.67. The molecule has 0 spiro atoms. The van der Waals surface area contributed by atoms with Crippen molar-refractivity contribution in [2.75, 3.05) is 5.75 Å². The fourth-order valence-corrected chi connectivity index (χ4v) is 4.64. The quantitative estimate of drug-likeness (QED) is 0.872. The number of hydrogen-bond acceptors (Lipinski definition) is 3. The molecule has 0 bridgehead atoms. The smallest absolute Gasteiger partial charge is 0.182 e. The molecule has 0 saturated heterocycles. The Morgan fingerprint density at radius 3 is 2.33 bits per heavy atom. The molecule has 116 valence electrons. The van der Waals surface area contributed by atoms with E-state index in [9.17, 15) is 13.5 Å². The van der Waals surface area contributed by atoms with Gasteiger partial charge in [-0.25, -0.2) is 8.42 Å². The van der Waals surface area contributed by atoms with Crippen LogP contribution < -0.4 is 0 Å². The normalized spacial score (nSPS) is 22.4. The van der Waals surface area contributed by atoms with E-state index in [1.807, 2.05) is 26.0 Å². The van der Waals surface area contributed by atoms with E-state index < -0.39 is 15.9 Å². The molecule has 0 saturated carbocycles. The van der Waals surface area contributed by atoms with Gasteiger partial charge in [0.15, 0.2) is 9.84 Å². The van der Waals surface area contributed by atoms with Crippen molar-refractivity contribution < 1.29 is 13.5 Å². The minimum Gasteiger partial charge on any atom is -0.389 e. The summed E-state index contributed by atoms with van der Waals surface area (Å²) in [5.41, 5.74) is 2.54. The van der Waals surface area contributed by atoms with Gasteiger partial charge in [-0.05, 0) is 55.4 Å². The lowest BCUT2D eigenvalue weighted by Gasteiger charge is -2.36. The van der Waals surface area contributed by atoms with E-state index in [0.717, 1.165) is 23.1 Å². The zero-order chi connectivity index (χ0) is 15.8. The lowest BCUT2D eigenvalue weighted by Crippen LogP contribution is -2.31. The Balaban J connectivity index is 2.39. The van der Waals surface area contributed by atoms with Crippen LogP contribution in [0.4, 0.5) is 0 Å². The molecule has 4 heteroatoms. The Bertz CT molecular complexity index is 652. The van der Waals surface area contributed by atoms with Crippen molar-refractivity contribution in [3.8, 4) is 0 Å². The Morgan fingerprint density at radius 2 is 1.76 bits per heavy atom. The first-order valence-corrected chi connectivity index (χ1v) is 8.96. The maximum absolute atomic E-state index is 12.6. The third-order valence-corrected chi connectivity index (χ3v) is 6.21. The number of aryl methyl sites for hydroxylation is 1. The Hall–Kier alpha value is -1.13. The van der Waals surface area contributed by atoms with Gasteiger partial charge in [0, 0.05) is 0 Å². The molecule has 2 rings (SSSR count). The van der Waals surface area contributed by atoms with Gasteiger partial charge < -0.3 is 5.11 Å². The maximum Gasteiger partial charge on any atom is 0.182 e. The number of aliphatic hydroxyl groups is 1. The van der Waals surface area contributed by atoms with Crippen molar-refractivity contribution in [3.05, 3.63) is 41.0 Å². The Kier molecular flexibility index (Phi) is 4.31. The third kappa shape index (κ3) is 3.38. The predicted octanol–water partition coefficient (Wildman–Crippen LogP) is 3.27. The van der Waals surface area contributed by atoms with Crippen LogP contribution in [0.5, 0.6) is 0 Å². The van der Waals surface area contributed by atoms with E-state index in [1.54, 1.807) is 12.1 Å². The second-order valence-corrected chi connectivity index (χ2v) is 8.66. The summed E-state index contributed by atoms with van der Waals surface area (Å²) in [5.74, 6) is -0.00798. The maximum atomic E-state index is 12.6. The summed E-state index contributed by atoms with van der Waals surface area (Å²) < 4.78 is 25.3. The molecule has 21 heavy (non-hydrogen) atoms. The topological polar surface area (TPSA) is 54.4 Å². The number of sulfone groups is 1. The van der Waals surface area contributed by atoms with E-state index in [1.165, 1.54) is 0 Å². The van der Waals surface area contributed by atoms with Gasteiger partial charge in [-0.2, -0.15) is 0 Å². The highest BCUT2D eigenvalue weighted by Crippen LogP contribution is 2.41. The monoisotopic (exact) mass is 308 g/mol. The number of hydrogen-bond donors (Lipinski definition) is 1. The van der Waals surface area contributed by atoms with E-state index >= 15 is 0 Å². The molecule has 1 aromatic carbocycles. The molecule has 0 amide bonds. The van der Waals surface area contributed by atoms with Crippen LogP contribution in [-0.4, -0.2) is 25.4 Å². The van der Waals surface area contributed by atoms with E-state index in [4.69, 9.17) is 0 Å². The first kappa shape index (κ1) is 16.2. The molecule has 1 aliphatic carbocycles. The van der Waals surface area contributed by atoms with Crippen LogP contribution in [0.2, 0.25) is 0 Å². The molecule has 0 fully saturated rings. The van der Waals surface area contributed by atoms with Crippen molar-refractivity contribution in [2.45, 2.75) is 51.5 Å². The van der Waals surface area contributed by atoms with Crippen molar-refractivity contribution in [2.24, 2.45) is 5.41 Å². The van der Waals surface area contributed by atoms with Crippen LogP contribution in [0.3, 0.4) is 0 Å². The van der Waals surface area contributed by atoms with Crippen LogP contribution in [0, 0.1) is 12.3 Å². The summed E-state index contributed by atoms with van der Waals surface area (Å²) in [6.45, 7) is 7.90. The summed E-state index contributed by atoms with van der Waals surface area (Å²) >= 11 is 0. The van der Waals surface area contributed by atoms with Crippen LogP contribution in [-0.2, 0) is 9.84 Å². The third-order valence-electron chi connectivity index (χ3n) is 4.55. The summed E-state index contributed by atoms with van der Waals surface area (Å²) in [4.78, 5) is 0.351. The van der Waals surface area contributed by atoms with Gasteiger partial charge >= 0.3 is 0 Å². The van der Waals surface area contributed by atoms with Crippen LogP contribution in [0.25, 0.3) is 0 Å². The summed E-state index contributed by atoms with van der Waals surface area (Å²) in [6, 6.07) is 6.95. The van der Waals surface area contributed by atoms with Gasteiger partial charge in [-0.15, -0.1) is 0 Å². The fourth-order valence-electron chi connectivity index (χ4n) is 2.93. The van der Waals surface area contributed by atoms with Crippen molar-refractivity contribution >= 4 is 9.84 Å². The van der Waals surface area contributed by atoms with E-state index in [0.29, 0.717) is 11.3 Å². The summed E-state index contributed by atoms with van der Waals surface area (Å²) in [6.07, 6.45) is 0.998. The molecular formula is C17H24O3S. The summed E-state index contributed by atoms with van der Waals surface area (Å²) in [5, 5.41) is 10.0. The number of benzene rings is 1. The summed E-state index contributed by atoms with van der Waals surface area (Å²) in [7, 11) is -3.37. The van der Waals surface area contributed by atoms with Crippen molar-refractivity contribution in [3.63, 3.8) is 0 Å². The lowest BCUT2D eigenvalue weighted by atomic mass is 9.72. The molecule has 0 aliphatic heterocycles. The van der Waals surface area contributed by atoms with Gasteiger partial charge in [0.25, 0.3) is 0 Å². The molecule has 3 nitrogen and oxygen atoms in total. The zero-order valence-electron chi connectivity index (χ0n) is 13.2. The van der Waals surface area contributed by atoms with Crippen molar-refractivity contribution in [1.82, 2.24) is 0 Å². The lowest BCUT2D eigenvalue weighted by molar-refractivity contribution is 0.161. The number of aliphatic hydroxyl groups excluding tert-OH is 1. The van der Waals surface area contributed by atoms with Gasteiger partial charge in [0.05, 0.1) is 16.8 Å². The van der Waals surface area contributed by atoms with Gasteiger partial charge in [0.2, 0.25) is 0 Å². The molecule has 1 aliphatic rings. The minimum absolute atomic E-state index is 0.00798. The predicted molar refractivity (Wildman–Crippen MR) is 85.0 cm³/mol. The molecule has 1 aromatic rings. The first-order chi connectivity index (χ1) is 9.63. The molecule has 1 atom stereocenters. The van der Waals surface area contributed by atoms with Crippen molar-refractivity contribution in [1.29, 1.82) is 0 Å². The molecule has 1 unspecified atom stereocenters. The highest BCUT2D eigenvalue weighted by Gasteiger charge is 2.35. The Morgan fingerprint density at radius 1 is 1.19 bits per heavy atom. The molecule has 0 heterocycles. The highest BCUT2D eigenvalue weighted by atomic mass is 32.2. The highest BCUT2D eigenvalue weighted by molar-refractivity contribution is 7.91. The van der Waals surface area contributed by atoms with Gasteiger partial charge in [0.1, 0.15) is 0 Å². The SMILES string of the molecule is CC1=C(CS(=O)(=O)c2ccc(C)cc2)C(C)(C)CCC1O. The Labute approximate surface area is 127 Å². The van der Waals surface area contributed by atoms with Gasteiger partial charge in [-0.3, -0.25) is 0 Å². The van der Waals surface area contributed by atoms with E-state index in [2.05, 4.69) is 13.8 Å². The van der Waals surface area contributed by atoms with E-state index in [-0.39, 0.29) is 11.2 Å². The first-order valence-electron chi connectivity index (χ1n) is 7.31.